The lowest BCUT2D eigenvalue weighted by Crippen LogP contribution is -2.52. The number of aromatic hydroxyl groups is 1. The second-order valence-corrected chi connectivity index (χ2v) is 8.87. The Labute approximate surface area is 209 Å². The van der Waals surface area contributed by atoms with Crippen LogP contribution in [0.2, 0.25) is 0 Å². The predicted octanol–water partition coefficient (Wildman–Crippen LogP) is 1.94. The van der Waals surface area contributed by atoms with Gasteiger partial charge in [0.1, 0.15) is 17.4 Å². The van der Waals surface area contributed by atoms with Crippen molar-refractivity contribution in [1.29, 1.82) is 0 Å². The number of phenolic OH excluding ortho intramolecular Hbond substituents is 1. The van der Waals surface area contributed by atoms with Gasteiger partial charge >= 0.3 is 6.09 Å². The number of para-hydroxylation sites is 1. The molecule has 2 rings (SSSR count). The van der Waals surface area contributed by atoms with Crippen LogP contribution in [0.5, 0.6) is 5.75 Å². The van der Waals surface area contributed by atoms with E-state index in [1.54, 1.807) is 57.2 Å². The van der Waals surface area contributed by atoms with E-state index in [4.69, 9.17) is 16.9 Å². The van der Waals surface area contributed by atoms with E-state index >= 15 is 0 Å². The van der Waals surface area contributed by atoms with E-state index in [1.165, 1.54) is 12.1 Å². The molecule has 190 valence electrons. The van der Waals surface area contributed by atoms with Gasteiger partial charge in [0.2, 0.25) is 11.8 Å². The van der Waals surface area contributed by atoms with Gasteiger partial charge in [-0.15, -0.1) is 0 Å². The highest BCUT2D eigenvalue weighted by atomic mass is 16.6. The number of rotatable bonds is 9. The lowest BCUT2D eigenvalue weighted by Gasteiger charge is -2.30. The number of ether oxygens (including phenoxy) is 1. The van der Waals surface area contributed by atoms with Crippen molar-refractivity contribution in [2.45, 2.75) is 51.4 Å². The summed E-state index contributed by atoms with van der Waals surface area (Å²) in [6, 6.07) is 14.0. The third-order valence-electron chi connectivity index (χ3n) is 4.82. The fourth-order valence-electron chi connectivity index (χ4n) is 3.28. The van der Waals surface area contributed by atoms with Gasteiger partial charge in [-0.3, -0.25) is 19.3 Å². The molecule has 4 amide bonds. The average Bonchev–Trinajstić information content (AvgIpc) is 2.80. The molecule has 10 heteroatoms. The second kappa shape index (κ2) is 12.3. The van der Waals surface area contributed by atoms with E-state index in [-0.39, 0.29) is 17.9 Å². The van der Waals surface area contributed by atoms with E-state index < -0.39 is 47.9 Å². The van der Waals surface area contributed by atoms with Gasteiger partial charge in [-0.25, -0.2) is 4.79 Å². The van der Waals surface area contributed by atoms with Crippen LogP contribution in [0.1, 0.15) is 44.4 Å². The molecule has 0 aromatic heterocycles. The number of benzene rings is 2. The minimum Gasteiger partial charge on any atom is -0.508 e. The first kappa shape index (κ1) is 27.7. The molecule has 0 saturated carbocycles. The van der Waals surface area contributed by atoms with Gasteiger partial charge in [0.05, 0.1) is 6.42 Å². The maximum absolute atomic E-state index is 13.5. The highest BCUT2D eigenvalue weighted by Crippen LogP contribution is 2.29. The van der Waals surface area contributed by atoms with Crippen LogP contribution in [-0.4, -0.2) is 45.5 Å². The number of nitrogens with zero attached hydrogens (tertiary/aromatic N) is 1. The first-order valence-electron chi connectivity index (χ1n) is 11.1. The van der Waals surface area contributed by atoms with E-state index in [2.05, 4.69) is 16.7 Å². The molecule has 0 spiro atoms. The van der Waals surface area contributed by atoms with Crippen LogP contribution >= 0.6 is 0 Å². The molecule has 10 nitrogen and oxygen atoms in total. The summed E-state index contributed by atoms with van der Waals surface area (Å²) >= 11 is 0. The molecule has 0 fully saturated rings. The predicted molar refractivity (Wildman–Crippen MR) is 132 cm³/mol. The number of carbonyl (C=O) groups is 4. The second-order valence-electron chi connectivity index (χ2n) is 8.87. The highest BCUT2D eigenvalue weighted by Gasteiger charge is 2.37. The Hall–Kier alpha value is -4.52. The third kappa shape index (κ3) is 8.06. The maximum atomic E-state index is 13.5. The molecular formula is C26H30N4O6. The van der Waals surface area contributed by atoms with Crippen molar-refractivity contribution in [3.8, 4) is 18.2 Å². The van der Waals surface area contributed by atoms with Crippen molar-refractivity contribution in [2.75, 3.05) is 0 Å². The molecule has 0 heterocycles. The number of amides is 4. The average molecular weight is 495 g/mol. The summed E-state index contributed by atoms with van der Waals surface area (Å²) in [4.78, 5) is 51.5. The van der Waals surface area contributed by atoms with Crippen molar-refractivity contribution in [2.24, 2.45) is 5.73 Å². The number of carbonyl (C=O) groups excluding carboxylic acids is 4. The summed E-state index contributed by atoms with van der Waals surface area (Å²) in [7, 11) is 0. The maximum Gasteiger partial charge on any atom is 0.408 e. The van der Waals surface area contributed by atoms with Crippen LogP contribution in [0.4, 0.5) is 4.79 Å². The lowest BCUT2D eigenvalue weighted by molar-refractivity contribution is -0.139. The number of nitrogens with two attached hydrogens (primary N) is 1. The summed E-state index contributed by atoms with van der Waals surface area (Å²) in [6.45, 7) is 4.99. The Bertz CT molecular complexity index is 1140. The normalized spacial score (nSPS) is 12.4. The van der Waals surface area contributed by atoms with Crippen LogP contribution < -0.4 is 16.4 Å². The molecule has 2 atom stereocenters. The molecule has 2 aromatic carbocycles. The molecule has 5 N–H and O–H groups in total. The Morgan fingerprint density at radius 1 is 1.08 bits per heavy atom. The van der Waals surface area contributed by atoms with Crippen LogP contribution in [0.15, 0.2) is 54.6 Å². The van der Waals surface area contributed by atoms with Gasteiger partial charge in [-0.1, -0.05) is 55.0 Å². The fraction of sp³-hybridized carbons (Fsp3) is 0.308. The summed E-state index contributed by atoms with van der Waals surface area (Å²) in [6.07, 6.45) is 4.06. The fourth-order valence-corrected chi connectivity index (χ4v) is 3.28. The van der Waals surface area contributed by atoms with Crippen molar-refractivity contribution < 1.29 is 29.0 Å². The SMILES string of the molecule is C#CN(C(=O)C(CC(N)=O)NC(=O)OC(C)(C)C)C(C(=O)NCc1ccccc1)c1ccccc1O. The standard InChI is InChI=1S/C26H30N4O6/c1-5-30(24(34)19(15-21(27)32)29-25(35)36-26(2,3)4)22(18-13-9-10-14-20(18)31)23(33)28-16-17-11-7-6-8-12-17/h1,6-14,19,22,31H,15-16H2,2-4H3,(H2,27,32)(H,28,33)(H,29,35). The molecule has 0 saturated heterocycles. The van der Waals surface area contributed by atoms with Crippen LogP contribution in [0.3, 0.4) is 0 Å². The van der Waals surface area contributed by atoms with E-state index in [9.17, 15) is 24.3 Å². The van der Waals surface area contributed by atoms with Gasteiger partial charge in [0.25, 0.3) is 5.91 Å². The number of terminal acetylenes is 1. The van der Waals surface area contributed by atoms with E-state index in [0.717, 1.165) is 5.56 Å². The minimum atomic E-state index is -1.52. The Balaban J connectivity index is 2.40. The Morgan fingerprint density at radius 2 is 1.69 bits per heavy atom. The lowest BCUT2D eigenvalue weighted by atomic mass is 10.0. The molecule has 0 aliphatic carbocycles. The monoisotopic (exact) mass is 494 g/mol. The zero-order valence-electron chi connectivity index (χ0n) is 20.4. The van der Waals surface area contributed by atoms with Crippen molar-refractivity contribution in [3.05, 3.63) is 65.7 Å². The third-order valence-corrected chi connectivity index (χ3v) is 4.82. The molecule has 2 unspecified atom stereocenters. The van der Waals surface area contributed by atoms with Gasteiger partial charge in [0, 0.05) is 18.2 Å². The van der Waals surface area contributed by atoms with Crippen molar-refractivity contribution in [3.63, 3.8) is 0 Å². The zero-order valence-corrected chi connectivity index (χ0v) is 20.4. The topological polar surface area (TPSA) is 151 Å². The van der Waals surface area contributed by atoms with Crippen molar-refractivity contribution >= 4 is 23.8 Å². The van der Waals surface area contributed by atoms with Gasteiger partial charge in [0.15, 0.2) is 6.04 Å². The molecule has 2 aromatic rings. The number of alkyl carbamates (subject to hydrolysis) is 1. The van der Waals surface area contributed by atoms with E-state index in [0.29, 0.717) is 4.90 Å². The Morgan fingerprint density at radius 3 is 2.25 bits per heavy atom. The Kier molecular flexibility index (Phi) is 9.44. The molecule has 0 aliphatic heterocycles. The van der Waals surface area contributed by atoms with Crippen molar-refractivity contribution in [1.82, 2.24) is 15.5 Å². The van der Waals surface area contributed by atoms with Gasteiger partial charge < -0.3 is 26.2 Å². The molecule has 36 heavy (non-hydrogen) atoms. The number of nitrogens with one attached hydrogen (secondary N) is 2. The quantitative estimate of drug-likeness (QED) is 0.309. The molecular weight excluding hydrogens is 464 g/mol. The number of primary amides is 1. The number of hydrogen-bond acceptors (Lipinski definition) is 6. The molecule has 0 radical (unpaired) electrons. The first-order chi connectivity index (χ1) is 16.9. The zero-order chi connectivity index (χ0) is 26.9. The molecule has 0 aliphatic rings. The minimum absolute atomic E-state index is 0.0458. The van der Waals surface area contributed by atoms with Gasteiger partial charge in [-0.05, 0) is 32.4 Å². The summed E-state index contributed by atoms with van der Waals surface area (Å²) < 4.78 is 5.17. The number of phenols is 1. The largest absolute Gasteiger partial charge is 0.508 e. The summed E-state index contributed by atoms with van der Waals surface area (Å²) in [5.74, 6) is -2.84. The van der Waals surface area contributed by atoms with Crippen LogP contribution in [0.25, 0.3) is 0 Å². The van der Waals surface area contributed by atoms with Crippen LogP contribution in [-0.2, 0) is 25.7 Å². The smallest absolute Gasteiger partial charge is 0.408 e. The van der Waals surface area contributed by atoms with Crippen LogP contribution in [0, 0.1) is 12.5 Å². The molecule has 0 bridgehead atoms. The highest BCUT2D eigenvalue weighted by molar-refractivity contribution is 5.95. The number of hydrogen-bond donors (Lipinski definition) is 4. The first-order valence-corrected chi connectivity index (χ1v) is 11.1. The van der Waals surface area contributed by atoms with E-state index in [1.807, 2.05) is 6.07 Å². The van der Waals surface area contributed by atoms with Gasteiger partial charge in [-0.2, -0.15) is 0 Å². The summed E-state index contributed by atoms with van der Waals surface area (Å²) in [5.41, 5.74) is 5.24. The summed E-state index contributed by atoms with van der Waals surface area (Å²) in [5, 5.41) is 15.4.